The van der Waals surface area contributed by atoms with Crippen molar-refractivity contribution in [3.05, 3.63) is 97.2 Å². The third-order valence-electron chi connectivity index (χ3n) is 11.1. The lowest BCUT2D eigenvalue weighted by molar-refractivity contribution is -0.302. The number of carbonyl (C=O) groups excluding carboxylic acids is 1. The van der Waals surface area contributed by atoms with Crippen LogP contribution in [0.4, 0.5) is 0 Å². The van der Waals surface area contributed by atoms with E-state index >= 15 is 0 Å². The third-order valence-corrected chi connectivity index (χ3v) is 11.1. The van der Waals surface area contributed by atoms with Gasteiger partial charge in [0.2, 0.25) is 5.91 Å². The molecular formula is C54H91NO8. The standard InChI is InChI=1S/C54H91NO8/c1-3-5-7-9-11-13-15-17-19-21-22-23-24-25-26-28-30-32-34-36-38-40-42-44-50(58)55-47(46-62-54-53(61)52(60)51(59)49(45-56)63-54)48(57)43-41-39-37-35-33-31-29-27-20-18-16-14-12-10-8-6-4-2/h5,7,11,13,17,19-20,22-23,25-27,33,35,41,43,47-49,51-54,56-57,59-61H,3-4,6,8-10,12,14-16,18,21,24,28-32,34,36-40,42,44-46H2,1-2H3,(H,55,58)/b7-5-,13-11-,19-17-,23-22-,26-25-,27-20+,35-33+,43-41+. The first-order valence-corrected chi connectivity index (χ1v) is 25.0. The van der Waals surface area contributed by atoms with E-state index in [1.54, 1.807) is 6.08 Å². The summed E-state index contributed by atoms with van der Waals surface area (Å²) in [6.45, 7) is 3.61. The van der Waals surface area contributed by atoms with Gasteiger partial charge in [-0.3, -0.25) is 4.79 Å². The van der Waals surface area contributed by atoms with Gasteiger partial charge in [0.1, 0.15) is 24.4 Å². The zero-order chi connectivity index (χ0) is 45.9. The molecule has 1 amide bonds. The highest BCUT2D eigenvalue weighted by Gasteiger charge is 2.44. The highest BCUT2D eigenvalue weighted by Crippen LogP contribution is 2.22. The Hall–Kier alpha value is -2.89. The van der Waals surface area contributed by atoms with Crippen LogP contribution in [0.2, 0.25) is 0 Å². The topological polar surface area (TPSA) is 149 Å². The molecule has 9 heteroatoms. The Morgan fingerprint density at radius 2 is 1.00 bits per heavy atom. The average Bonchev–Trinajstić information content (AvgIpc) is 3.28. The Labute approximate surface area is 383 Å². The largest absolute Gasteiger partial charge is 0.394 e. The van der Waals surface area contributed by atoms with E-state index < -0.39 is 49.5 Å². The summed E-state index contributed by atoms with van der Waals surface area (Å²) in [6, 6.07) is -0.840. The van der Waals surface area contributed by atoms with Crippen LogP contribution in [0.3, 0.4) is 0 Å². The Kier molecular flexibility index (Phi) is 39.7. The summed E-state index contributed by atoms with van der Waals surface area (Å²) in [7, 11) is 0. The Morgan fingerprint density at radius 1 is 0.556 bits per heavy atom. The number of carbonyl (C=O) groups is 1. The molecule has 360 valence electrons. The fourth-order valence-corrected chi connectivity index (χ4v) is 7.15. The minimum absolute atomic E-state index is 0.207. The predicted molar refractivity (Wildman–Crippen MR) is 262 cm³/mol. The van der Waals surface area contributed by atoms with Crippen LogP contribution in [0, 0.1) is 0 Å². The second-order valence-corrected chi connectivity index (χ2v) is 16.9. The molecule has 1 aliphatic heterocycles. The van der Waals surface area contributed by atoms with Crippen LogP contribution in [-0.2, 0) is 14.3 Å². The van der Waals surface area contributed by atoms with E-state index in [0.29, 0.717) is 6.42 Å². The van der Waals surface area contributed by atoms with Crippen molar-refractivity contribution in [2.75, 3.05) is 13.2 Å². The predicted octanol–water partition coefficient (Wildman–Crippen LogP) is 11.3. The van der Waals surface area contributed by atoms with Crippen LogP contribution in [0.5, 0.6) is 0 Å². The number of hydrogen-bond acceptors (Lipinski definition) is 8. The van der Waals surface area contributed by atoms with Gasteiger partial charge < -0.3 is 40.3 Å². The van der Waals surface area contributed by atoms with E-state index in [-0.39, 0.29) is 12.5 Å². The van der Waals surface area contributed by atoms with Crippen LogP contribution < -0.4 is 5.32 Å². The van der Waals surface area contributed by atoms with Crippen LogP contribution in [-0.4, -0.2) is 87.5 Å². The van der Waals surface area contributed by atoms with Crippen molar-refractivity contribution in [1.29, 1.82) is 0 Å². The number of amides is 1. The van der Waals surface area contributed by atoms with Crippen LogP contribution in [0.25, 0.3) is 0 Å². The highest BCUT2D eigenvalue weighted by atomic mass is 16.7. The molecule has 6 N–H and O–H groups in total. The Morgan fingerprint density at radius 3 is 1.52 bits per heavy atom. The monoisotopic (exact) mass is 882 g/mol. The van der Waals surface area contributed by atoms with Crippen molar-refractivity contribution >= 4 is 5.91 Å². The molecule has 63 heavy (non-hydrogen) atoms. The Balaban J connectivity index is 2.36. The zero-order valence-corrected chi connectivity index (χ0v) is 39.5. The molecule has 0 aliphatic carbocycles. The lowest BCUT2D eigenvalue weighted by atomic mass is 9.99. The molecule has 9 nitrogen and oxygen atoms in total. The summed E-state index contributed by atoms with van der Waals surface area (Å²) in [5.74, 6) is -0.207. The molecule has 1 rings (SSSR count). The molecule has 1 fully saturated rings. The zero-order valence-electron chi connectivity index (χ0n) is 39.5. The normalized spacial score (nSPS) is 21.0. The maximum atomic E-state index is 13.0. The van der Waals surface area contributed by atoms with E-state index in [9.17, 15) is 30.3 Å². The van der Waals surface area contributed by atoms with Gasteiger partial charge in [-0.1, -0.05) is 182 Å². The first-order chi connectivity index (χ1) is 30.8. The molecular weight excluding hydrogens is 791 g/mol. The second kappa shape index (κ2) is 43.0. The minimum Gasteiger partial charge on any atom is -0.394 e. The number of rotatable bonds is 40. The second-order valence-electron chi connectivity index (χ2n) is 16.9. The number of hydrogen-bond donors (Lipinski definition) is 6. The summed E-state index contributed by atoms with van der Waals surface area (Å²) >= 11 is 0. The molecule has 7 unspecified atom stereocenters. The molecule has 0 aromatic carbocycles. The minimum atomic E-state index is -1.58. The van der Waals surface area contributed by atoms with Crippen molar-refractivity contribution < 1.29 is 39.8 Å². The number of allylic oxidation sites excluding steroid dienone is 15. The lowest BCUT2D eigenvalue weighted by Crippen LogP contribution is -2.60. The molecule has 1 aliphatic rings. The molecule has 1 saturated heterocycles. The van der Waals surface area contributed by atoms with E-state index in [1.165, 1.54) is 64.2 Å². The maximum absolute atomic E-state index is 13.0. The van der Waals surface area contributed by atoms with Gasteiger partial charge in [-0.15, -0.1) is 0 Å². The molecule has 7 atom stereocenters. The first kappa shape index (κ1) is 58.1. The molecule has 1 heterocycles. The highest BCUT2D eigenvalue weighted by molar-refractivity contribution is 5.76. The molecule has 0 aromatic heterocycles. The van der Waals surface area contributed by atoms with Crippen molar-refractivity contribution in [3.63, 3.8) is 0 Å². The van der Waals surface area contributed by atoms with Crippen LogP contribution in [0.15, 0.2) is 97.2 Å². The molecule has 0 radical (unpaired) electrons. The summed E-state index contributed by atoms with van der Waals surface area (Å²) in [4.78, 5) is 13.0. The van der Waals surface area contributed by atoms with Gasteiger partial charge in [0.25, 0.3) is 0 Å². The molecule has 0 aromatic rings. The van der Waals surface area contributed by atoms with E-state index in [2.05, 4.69) is 104 Å². The van der Waals surface area contributed by atoms with Gasteiger partial charge in [-0.2, -0.15) is 0 Å². The number of aliphatic hydroxyl groups is 5. The number of unbranched alkanes of at least 4 members (excludes halogenated alkanes) is 16. The van der Waals surface area contributed by atoms with Crippen molar-refractivity contribution in [2.24, 2.45) is 0 Å². The van der Waals surface area contributed by atoms with E-state index in [1.807, 2.05) is 6.08 Å². The lowest BCUT2D eigenvalue weighted by Gasteiger charge is -2.40. The fourth-order valence-electron chi connectivity index (χ4n) is 7.15. The van der Waals surface area contributed by atoms with E-state index in [0.717, 1.165) is 96.3 Å². The summed E-state index contributed by atoms with van der Waals surface area (Å²) in [5.41, 5.74) is 0. The van der Waals surface area contributed by atoms with Gasteiger partial charge in [0.05, 0.1) is 25.4 Å². The van der Waals surface area contributed by atoms with Gasteiger partial charge >= 0.3 is 0 Å². The summed E-state index contributed by atoms with van der Waals surface area (Å²) in [5, 5.41) is 54.3. The first-order valence-electron chi connectivity index (χ1n) is 25.0. The average molecular weight is 882 g/mol. The van der Waals surface area contributed by atoms with Crippen molar-refractivity contribution in [2.45, 2.75) is 224 Å². The van der Waals surface area contributed by atoms with Crippen molar-refractivity contribution in [3.8, 4) is 0 Å². The van der Waals surface area contributed by atoms with Crippen LogP contribution in [0.1, 0.15) is 181 Å². The molecule has 0 saturated carbocycles. The smallest absolute Gasteiger partial charge is 0.220 e. The summed E-state index contributed by atoms with van der Waals surface area (Å²) < 4.78 is 11.2. The third kappa shape index (κ3) is 33.3. The quantitative estimate of drug-likeness (QED) is 0.0263. The number of aliphatic hydroxyl groups excluding tert-OH is 5. The van der Waals surface area contributed by atoms with Gasteiger partial charge in [0.15, 0.2) is 6.29 Å². The SMILES string of the molecule is CC/C=C\C/C=C\C/C=C\C/C=C\C/C=C\CCCCCCCCCC(=O)NC(COC1OC(CO)C(O)C(O)C1O)C(O)/C=C/CC/C=C/CC/C=C/CCCCCCCCC. The van der Waals surface area contributed by atoms with E-state index in [4.69, 9.17) is 9.47 Å². The fraction of sp³-hybridized carbons (Fsp3) is 0.685. The maximum Gasteiger partial charge on any atom is 0.220 e. The number of nitrogens with one attached hydrogen (secondary N) is 1. The van der Waals surface area contributed by atoms with Gasteiger partial charge in [-0.05, 0) is 89.9 Å². The molecule has 0 bridgehead atoms. The number of ether oxygens (including phenoxy) is 2. The summed E-state index contributed by atoms with van der Waals surface area (Å²) in [6.07, 6.45) is 54.5. The van der Waals surface area contributed by atoms with Gasteiger partial charge in [-0.25, -0.2) is 0 Å². The molecule has 0 spiro atoms. The van der Waals surface area contributed by atoms with Crippen molar-refractivity contribution in [1.82, 2.24) is 5.32 Å². The van der Waals surface area contributed by atoms with Gasteiger partial charge in [0, 0.05) is 6.42 Å². The van der Waals surface area contributed by atoms with Crippen LogP contribution >= 0.6 is 0 Å². The Bertz CT molecular complexity index is 1300.